The molecular formula is C18H21N3O2. The van der Waals surface area contributed by atoms with Crippen molar-refractivity contribution in [2.24, 2.45) is 0 Å². The number of nitrogens with zero attached hydrogens (tertiary/aromatic N) is 3. The van der Waals surface area contributed by atoms with Crippen molar-refractivity contribution in [2.75, 3.05) is 13.7 Å². The van der Waals surface area contributed by atoms with Gasteiger partial charge in [-0.25, -0.2) is 9.67 Å². The minimum absolute atomic E-state index is 0.666. The first kappa shape index (κ1) is 15.3. The largest absolute Gasteiger partial charge is 0.497 e. The fraction of sp³-hybridized carbons (Fsp3) is 0.333. The summed E-state index contributed by atoms with van der Waals surface area (Å²) in [5.74, 6) is 1.70. The normalized spacial score (nSPS) is 10.9. The molecule has 0 unspecified atom stereocenters. The van der Waals surface area contributed by atoms with Crippen molar-refractivity contribution < 1.29 is 9.47 Å². The Morgan fingerprint density at radius 1 is 1.13 bits per heavy atom. The molecule has 0 atom stereocenters. The third-order valence-electron chi connectivity index (χ3n) is 3.75. The highest BCUT2D eigenvalue weighted by molar-refractivity contribution is 5.81. The standard InChI is InChI=1S/C18H21N3O2/c1-3-4-11-23-17-9-10-19-18-16(17)12-20-21(18)13-14-5-7-15(22-2)8-6-14/h5-10,12H,3-4,11,13H2,1-2H3. The molecule has 0 fully saturated rings. The van der Waals surface area contributed by atoms with Crippen LogP contribution < -0.4 is 9.47 Å². The predicted octanol–water partition coefficient (Wildman–Crippen LogP) is 3.67. The fourth-order valence-electron chi connectivity index (χ4n) is 2.43. The van der Waals surface area contributed by atoms with Crippen LogP contribution in [-0.2, 0) is 6.54 Å². The van der Waals surface area contributed by atoms with Gasteiger partial charge < -0.3 is 9.47 Å². The summed E-state index contributed by atoms with van der Waals surface area (Å²) >= 11 is 0. The number of aromatic nitrogens is 3. The van der Waals surface area contributed by atoms with Crippen molar-refractivity contribution in [3.8, 4) is 11.5 Å². The molecule has 3 aromatic rings. The summed E-state index contributed by atoms with van der Waals surface area (Å²) in [7, 11) is 1.67. The molecule has 2 heterocycles. The molecule has 5 heteroatoms. The summed E-state index contributed by atoms with van der Waals surface area (Å²) in [6, 6.07) is 9.88. The quantitative estimate of drug-likeness (QED) is 0.625. The maximum Gasteiger partial charge on any atom is 0.161 e. The zero-order chi connectivity index (χ0) is 16.1. The number of unbranched alkanes of at least 4 members (excludes halogenated alkanes) is 1. The van der Waals surface area contributed by atoms with Crippen LogP contribution in [0.4, 0.5) is 0 Å². The van der Waals surface area contributed by atoms with Gasteiger partial charge in [0.05, 0.1) is 31.8 Å². The molecule has 0 aliphatic carbocycles. The molecule has 0 saturated carbocycles. The van der Waals surface area contributed by atoms with E-state index in [0.29, 0.717) is 6.54 Å². The van der Waals surface area contributed by atoms with Crippen LogP contribution in [0.5, 0.6) is 11.5 Å². The SMILES string of the molecule is CCCCOc1ccnc2c1cnn2Cc1ccc(OC)cc1. The summed E-state index contributed by atoms with van der Waals surface area (Å²) in [4.78, 5) is 4.46. The molecule has 0 saturated heterocycles. The van der Waals surface area contributed by atoms with Gasteiger partial charge in [0.1, 0.15) is 11.5 Å². The number of pyridine rings is 1. The maximum absolute atomic E-state index is 5.84. The molecule has 0 aliphatic heterocycles. The first-order valence-corrected chi connectivity index (χ1v) is 7.88. The molecule has 0 amide bonds. The van der Waals surface area contributed by atoms with Crippen molar-refractivity contribution in [1.29, 1.82) is 0 Å². The smallest absolute Gasteiger partial charge is 0.161 e. The molecule has 0 aliphatic rings. The van der Waals surface area contributed by atoms with Gasteiger partial charge in [-0.15, -0.1) is 0 Å². The minimum atomic E-state index is 0.666. The summed E-state index contributed by atoms with van der Waals surface area (Å²) in [6.45, 7) is 3.54. The molecule has 0 spiro atoms. The van der Waals surface area contributed by atoms with E-state index in [1.165, 1.54) is 0 Å². The van der Waals surface area contributed by atoms with E-state index in [0.717, 1.165) is 47.5 Å². The van der Waals surface area contributed by atoms with Gasteiger partial charge in [0.25, 0.3) is 0 Å². The molecule has 23 heavy (non-hydrogen) atoms. The first-order chi connectivity index (χ1) is 11.3. The van der Waals surface area contributed by atoms with Crippen molar-refractivity contribution in [2.45, 2.75) is 26.3 Å². The lowest BCUT2D eigenvalue weighted by molar-refractivity contribution is 0.313. The van der Waals surface area contributed by atoms with Crippen molar-refractivity contribution in [1.82, 2.24) is 14.8 Å². The highest BCUT2D eigenvalue weighted by atomic mass is 16.5. The number of ether oxygens (including phenoxy) is 2. The Morgan fingerprint density at radius 2 is 1.96 bits per heavy atom. The number of benzene rings is 1. The Labute approximate surface area is 135 Å². The van der Waals surface area contributed by atoms with Crippen LogP contribution in [0.2, 0.25) is 0 Å². The van der Waals surface area contributed by atoms with Crippen molar-refractivity contribution >= 4 is 11.0 Å². The molecule has 0 radical (unpaired) electrons. The van der Waals surface area contributed by atoms with Crippen LogP contribution in [0.1, 0.15) is 25.3 Å². The monoisotopic (exact) mass is 311 g/mol. The van der Waals surface area contributed by atoms with E-state index in [9.17, 15) is 0 Å². The van der Waals surface area contributed by atoms with Gasteiger partial charge in [-0.1, -0.05) is 25.5 Å². The van der Waals surface area contributed by atoms with Gasteiger partial charge in [-0.3, -0.25) is 0 Å². The highest BCUT2D eigenvalue weighted by Crippen LogP contribution is 2.24. The molecule has 120 valence electrons. The van der Waals surface area contributed by atoms with E-state index in [4.69, 9.17) is 9.47 Å². The molecular weight excluding hydrogens is 290 g/mol. The van der Waals surface area contributed by atoms with E-state index >= 15 is 0 Å². The van der Waals surface area contributed by atoms with Gasteiger partial charge in [0.2, 0.25) is 0 Å². The summed E-state index contributed by atoms with van der Waals surface area (Å²) in [5.41, 5.74) is 1.99. The van der Waals surface area contributed by atoms with E-state index in [1.807, 2.05) is 41.2 Å². The van der Waals surface area contributed by atoms with Crippen LogP contribution in [-0.4, -0.2) is 28.5 Å². The van der Waals surface area contributed by atoms with E-state index < -0.39 is 0 Å². The Bertz CT molecular complexity index is 766. The zero-order valence-corrected chi connectivity index (χ0v) is 13.5. The third-order valence-corrected chi connectivity index (χ3v) is 3.75. The molecule has 2 aromatic heterocycles. The van der Waals surface area contributed by atoms with Crippen LogP contribution >= 0.6 is 0 Å². The van der Waals surface area contributed by atoms with Gasteiger partial charge in [-0.05, 0) is 30.2 Å². The topological polar surface area (TPSA) is 49.2 Å². The van der Waals surface area contributed by atoms with Gasteiger partial charge in [-0.2, -0.15) is 5.10 Å². The Hall–Kier alpha value is -2.56. The lowest BCUT2D eigenvalue weighted by Crippen LogP contribution is -2.03. The van der Waals surface area contributed by atoms with Crippen LogP contribution in [0.3, 0.4) is 0 Å². The van der Waals surface area contributed by atoms with Crippen LogP contribution in [0.15, 0.2) is 42.7 Å². The lowest BCUT2D eigenvalue weighted by Gasteiger charge is -2.07. The first-order valence-electron chi connectivity index (χ1n) is 7.88. The Morgan fingerprint density at radius 3 is 2.70 bits per heavy atom. The second-order valence-electron chi connectivity index (χ2n) is 5.40. The van der Waals surface area contributed by atoms with Gasteiger partial charge in [0, 0.05) is 6.20 Å². The van der Waals surface area contributed by atoms with Crippen LogP contribution in [0.25, 0.3) is 11.0 Å². The Kier molecular flexibility index (Phi) is 4.76. The summed E-state index contributed by atoms with van der Waals surface area (Å²) < 4.78 is 12.9. The van der Waals surface area contributed by atoms with E-state index in [2.05, 4.69) is 17.0 Å². The van der Waals surface area contributed by atoms with E-state index in [1.54, 1.807) is 13.3 Å². The fourth-order valence-corrected chi connectivity index (χ4v) is 2.43. The predicted molar refractivity (Wildman–Crippen MR) is 90.0 cm³/mol. The number of fused-ring (bicyclic) bond motifs is 1. The number of hydrogen-bond donors (Lipinski definition) is 0. The van der Waals surface area contributed by atoms with Crippen molar-refractivity contribution in [3.05, 3.63) is 48.3 Å². The highest BCUT2D eigenvalue weighted by Gasteiger charge is 2.09. The summed E-state index contributed by atoms with van der Waals surface area (Å²) in [5, 5.41) is 5.42. The third kappa shape index (κ3) is 3.44. The van der Waals surface area contributed by atoms with Gasteiger partial charge >= 0.3 is 0 Å². The Balaban J connectivity index is 1.82. The zero-order valence-electron chi connectivity index (χ0n) is 13.5. The molecule has 1 aromatic carbocycles. The van der Waals surface area contributed by atoms with Gasteiger partial charge in [0.15, 0.2) is 5.65 Å². The average molecular weight is 311 g/mol. The number of rotatable bonds is 7. The molecule has 0 bridgehead atoms. The second kappa shape index (κ2) is 7.13. The van der Waals surface area contributed by atoms with E-state index in [-0.39, 0.29) is 0 Å². The average Bonchev–Trinajstić information content (AvgIpc) is 3.00. The maximum atomic E-state index is 5.84. The molecule has 3 rings (SSSR count). The van der Waals surface area contributed by atoms with Crippen LogP contribution in [0, 0.1) is 0 Å². The second-order valence-corrected chi connectivity index (χ2v) is 5.40. The number of methoxy groups -OCH3 is 1. The summed E-state index contributed by atoms with van der Waals surface area (Å²) in [6.07, 6.45) is 5.76. The number of hydrogen-bond acceptors (Lipinski definition) is 4. The molecule has 0 N–H and O–H groups in total. The lowest BCUT2D eigenvalue weighted by atomic mass is 10.2. The molecule has 5 nitrogen and oxygen atoms in total. The van der Waals surface area contributed by atoms with Crippen molar-refractivity contribution in [3.63, 3.8) is 0 Å². The minimum Gasteiger partial charge on any atom is -0.497 e.